The maximum atomic E-state index is 11.6. The van der Waals surface area contributed by atoms with Crippen molar-refractivity contribution in [2.45, 2.75) is 19.1 Å². The molecule has 0 fully saturated rings. The zero-order valence-electron chi connectivity index (χ0n) is 15.1. The number of carbonyl (C=O) groups excluding carboxylic acids is 1. The van der Waals surface area contributed by atoms with Gasteiger partial charge in [0.1, 0.15) is 11.5 Å². The van der Waals surface area contributed by atoms with E-state index in [-0.39, 0.29) is 12.0 Å². The number of methoxy groups -OCH3 is 5. The van der Waals surface area contributed by atoms with Crippen LogP contribution in [-0.4, -0.2) is 47.6 Å². The fraction of sp³-hybridized carbons (Fsp3) is 0.500. The summed E-state index contributed by atoms with van der Waals surface area (Å²) in [6.45, 7) is 1.98. The van der Waals surface area contributed by atoms with Crippen LogP contribution in [0.15, 0.2) is 30.4 Å². The second-order valence-corrected chi connectivity index (χ2v) is 5.19. The molecule has 6 nitrogen and oxygen atoms in total. The number of benzene rings is 1. The predicted octanol–water partition coefficient (Wildman–Crippen LogP) is 2.77. The highest BCUT2D eigenvalue weighted by molar-refractivity contribution is 5.76. The maximum Gasteiger partial charge on any atom is 0.339 e. The Kier molecular flexibility index (Phi) is 8.29. The molecule has 134 valence electrons. The van der Waals surface area contributed by atoms with Crippen LogP contribution >= 0.6 is 0 Å². The smallest absolute Gasteiger partial charge is 0.339 e. The van der Waals surface area contributed by atoms with Gasteiger partial charge in [-0.2, -0.15) is 0 Å². The standard InChI is InChI=1S/C18H26O6/c1-12(7-9-16(22-4)18(19)24-6)17(23-5)14-11-13(20-2)8-10-15(14)21-3/h7-12,16-17H,1-6H3/b9-7+/t12-,16+,17+/m0/s1. The fourth-order valence-electron chi connectivity index (χ4n) is 2.43. The third kappa shape index (κ3) is 4.97. The highest BCUT2D eigenvalue weighted by atomic mass is 16.6. The summed E-state index contributed by atoms with van der Waals surface area (Å²) < 4.78 is 26.1. The molecule has 3 atom stereocenters. The van der Waals surface area contributed by atoms with E-state index in [1.807, 2.05) is 31.2 Å². The molecule has 1 aromatic carbocycles. The van der Waals surface area contributed by atoms with Crippen molar-refractivity contribution in [2.24, 2.45) is 5.92 Å². The van der Waals surface area contributed by atoms with Crippen molar-refractivity contribution >= 4 is 5.97 Å². The number of esters is 1. The molecule has 0 heterocycles. The van der Waals surface area contributed by atoms with Gasteiger partial charge >= 0.3 is 5.97 Å². The van der Waals surface area contributed by atoms with Crippen LogP contribution in [0.2, 0.25) is 0 Å². The SMILES string of the molecule is COC(=O)[C@@H](/C=C/[C@H](C)[C@@H](OC)c1cc(OC)ccc1OC)OC. The predicted molar refractivity (Wildman–Crippen MR) is 90.4 cm³/mol. The van der Waals surface area contributed by atoms with Crippen molar-refractivity contribution in [3.8, 4) is 11.5 Å². The minimum absolute atomic E-state index is 0.0432. The third-order valence-corrected chi connectivity index (χ3v) is 3.75. The molecule has 6 heteroatoms. The fourth-order valence-corrected chi connectivity index (χ4v) is 2.43. The highest BCUT2D eigenvalue weighted by Crippen LogP contribution is 2.35. The molecule has 0 N–H and O–H groups in total. The van der Waals surface area contributed by atoms with Gasteiger partial charge < -0.3 is 23.7 Å². The van der Waals surface area contributed by atoms with Gasteiger partial charge in [0.25, 0.3) is 0 Å². The summed E-state index contributed by atoms with van der Waals surface area (Å²) in [6, 6.07) is 5.54. The molecule has 1 rings (SSSR count). The Morgan fingerprint density at radius 3 is 2.21 bits per heavy atom. The van der Waals surface area contributed by atoms with E-state index in [1.165, 1.54) is 14.2 Å². The summed E-state index contributed by atoms with van der Waals surface area (Å²) in [4.78, 5) is 11.6. The molecule has 0 aliphatic rings. The molecule has 0 unspecified atom stereocenters. The Balaban J connectivity index is 3.06. The molecular weight excluding hydrogens is 312 g/mol. The van der Waals surface area contributed by atoms with E-state index in [2.05, 4.69) is 0 Å². The van der Waals surface area contributed by atoms with Crippen LogP contribution in [0.5, 0.6) is 11.5 Å². The molecule has 0 bridgehead atoms. The zero-order valence-corrected chi connectivity index (χ0v) is 15.1. The van der Waals surface area contributed by atoms with E-state index in [9.17, 15) is 4.79 Å². The Morgan fingerprint density at radius 2 is 1.71 bits per heavy atom. The van der Waals surface area contributed by atoms with Crippen LogP contribution < -0.4 is 9.47 Å². The largest absolute Gasteiger partial charge is 0.497 e. The minimum Gasteiger partial charge on any atom is -0.497 e. The molecule has 1 aromatic rings. The first-order valence-corrected chi connectivity index (χ1v) is 7.56. The highest BCUT2D eigenvalue weighted by Gasteiger charge is 2.23. The quantitative estimate of drug-likeness (QED) is 0.510. The first-order chi connectivity index (χ1) is 11.5. The lowest BCUT2D eigenvalue weighted by Gasteiger charge is -2.23. The zero-order chi connectivity index (χ0) is 18.1. The average molecular weight is 338 g/mol. The van der Waals surface area contributed by atoms with Crippen molar-refractivity contribution in [3.63, 3.8) is 0 Å². The van der Waals surface area contributed by atoms with E-state index in [0.717, 1.165) is 5.56 Å². The monoisotopic (exact) mass is 338 g/mol. The van der Waals surface area contributed by atoms with Crippen molar-refractivity contribution in [1.82, 2.24) is 0 Å². The van der Waals surface area contributed by atoms with Crippen molar-refractivity contribution in [3.05, 3.63) is 35.9 Å². The number of ether oxygens (including phenoxy) is 5. The lowest BCUT2D eigenvalue weighted by Crippen LogP contribution is -2.22. The molecule has 0 saturated heterocycles. The Hall–Kier alpha value is -2.05. The van der Waals surface area contributed by atoms with Gasteiger partial charge in [0, 0.05) is 25.7 Å². The summed E-state index contributed by atoms with van der Waals surface area (Å²) in [5, 5.41) is 0. The average Bonchev–Trinajstić information content (AvgIpc) is 2.62. The maximum absolute atomic E-state index is 11.6. The molecule has 0 spiro atoms. The summed E-state index contributed by atoms with van der Waals surface area (Å²) in [7, 11) is 7.62. The second-order valence-electron chi connectivity index (χ2n) is 5.19. The molecule has 0 saturated carbocycles. The van der Waals surface area contributed by atoms with Crippen molar-refractivity contribution in [1.29, 1.82) is 0 Å². The molecule has 0 aromatic heterocycles. The van der Waals surface area contributed by atoms with Crippen LogP contribution in [0.1, 0.15) is 18.6 Å². The summed E-state index contributed by atoms with van der Waals surface area (Å²) >= 11 is 0. The first kappa shape index (κ1) is 20.0. The molecule has 0 amide bonds. The molecule has 0 aliphatic carbocycles. The van der Waals surface area contributed by atoms with E-state index >= 15 is 0 Å². The van der Waals surface area contributed by atoms with Gasteiger partial charge in [-0.15, -0.1) is 0 Å². The van der Waals surface area contributed by atoms with Crippen LogP contribution in [0, 0.1) is 5.92 Å². The summed E-state index contributed by atoms with van der Waals surface area (Å²) in [5.74, 6) is 0.930. The lowest BCUT2D eigenvalue weighted by atomic mass is 9.95. The first-order valence-electron chi connectivity index (χ1n) is 7.56. The van der Waals surface area contributed by atoms with E-state index in [0.29, 0.717) is 11.5 Å². The number of hydrogen-bond donors (Lipinski definition) is 0. The Bertz CT molecular complexity index is 554. The van der Waals surface area contributed by atoms with Crippen LogP contribution in [0.3, 0.4) is 0 Å². The normalized spacial score (nSPS) is 14.9. The van der Waals surface area contributed by atoms with Gasteiger partial charge in [-0.05, 0) is 24.3 Å². The lowest BCUT2D eigenvalue weighted by molar-refractivity contribution is -0.149. The molecular formula is C18H26O6. The molecule has 24 heavy (non-hydrogen) atoms. The summed E-state index contributed by atoms with van der Waals surface area (Å²) in [6.07, 6.45) is 2.50. The minimum atomic E-state index is -0.748. The van der Waals surface area contributed by atoms with Crippen LogP contribution in [-0.2, 0) is 19.0 Å². The third-order valence-electron chi connectivity index (χ3n) is 3.75. The molecule has 0 aliphatic heterocycles. The number of carbonyl (C=O) groups is 1. The Morgan fingerprint density at radius 1 is 1.00 bits per heavy atom. The van der Waals surface area contributed by atoms with Gasteiger partial charge in [-0.3, -0.25) is 0 Å². The van der Waals surface area contributed by atoms with E-state index in [4.69, 9.17) is 23.7 Å². The number of rotatable bonds is 9. The van der Waals surface area contributed by atoms with E-state index in [1.54, 1.807) is 27.4 Å². The Labute approximate surface area is 143 Å². The number of hydrogen-bond acceptors (Lipinski definition) is 6. The van der Waals surface area contributed by atoms with Gasteiger partial charge in [0.2, 0.25) is 0 Å². The van der Waals surface area contributed by atoms with Crippen LogP contribution in [0.25, 0.3) is 0 Å². The second kappa shape index (κ2) is 9.95. The molecule has 0 radical (unpaired) electrons. The van der Waals surface area contributed by atoms with Gasteiger partial charge in [0.05, 0.1) is 27.4 Å². The van der Waals surface area contributed by atoms with Crippen molar-refractivity contribution < 1.29 is 28.5 Å². The topological polar surface area (TPSA) is 63.2 Å². The summed E-state index contributed by atoms with van der Waals surface area (Å²) in [5.41, 5.74) is 0.864. The van der Waals surface area contributed by atoms with Crippen molar-refractivity contribution in [2.75, 3.05) is 35.5 Å². The van der Waals surface area contributed by atoms with Gasteiger partial charge in [-0.25, -0.2) is 4.79 Å². The van der Waals surface area contributed by atoms with Gasteiger partial charge in [-0.1, -0.05) is 13.0 Å². The van der Waals surface area contributed by atoms with Crippen LogP contribution in [0.4, 0.5) is 0 Å². The van der Waals surface area contributed by atoms with E-state index < -0.39 is 12.1 Å². The van der Waals surface area contributed by atoms with Gasteiger partial charge in [0.15, 0.2) is 6.10 Å².